The number of hydrogen-bond acceptors (Lipinski definition) is 2. The fourth-order valence-electron chi connectivity index (χ4n) is 3.96. The second-order valence-electron chi connectivity index (χ2n) is 7.53. The standard InChI is InChI=1S/C26H27ClN2O.ClH/c1-19-24(17-28-16-15-20-11-13-22(30-2)14-12-20)23-8-4-6-10-26(23)29(19)18-21-7-3-5-9-25(21)27;/h3-14,28H,15-18H2,1-2H3;1H. The third-order valence-corrected chi connectivity index (χ3v) is 6.07. The zero-order chi connectivity index (χ0) is 20.9. The molecule has 0 aliphatic rings. The third kappa shape index (κ3) is 5.24. The molecule has 0 fully saturated rings. The maximum absolute atomic E-state index is 6.43. The molecule has 1 N–H and O–H groups in total. The number of benzene rings is 3. The Morgan fingerprint density at radius 1 is 0.935 bits per heavy atom. The third-order valence-electron chi connectivity index (χ3n) is 5.70. The first-order chi connectivity index (χ1) is 14.7. The first-order valence-corrected chi connectivity index (χ1v) is 10.7. The number of fused-ring (bicyclic) bond motifs is 1. The van der Waals surface area contributed by atoms with E-state index in [4.69, 9.17) is 16.3 Å². The molecule has 0 atom stereocenters. The van der Waals surface area contributed by atoms with E-state index >= 15 is 0 Å². The van der Waals surface area contributed by atoms with E-state index in [1.54, 1.807) is 7.11 Å². The van der Waals surface area contributed by atoms with Gasteiger partial charge in [0.15, 0.2) is 0 Å². The average Bonchev–Trinajstić information content (AvgIpc) is 3.04. The molecule has 4 aromatic rings. The van der Waals surface area contributed by atoms with E-state index in [9.17, 15) is 0 Å². The predicted octanol–water partition coefficient (Wildman–Crippen LogP) is 6.41. The molecule has 0 bridgehead atoms. The maximum atomic E-state index is 6.43. The molecule has 0 aliphatic carbocycles. The molecule has 0 amide bonds. The summed E-state index contributed by atoms with van der Waals surface area (Å²) in [6, 6.07) is 25.0. The van der Waals surface area contributed by atoms with E-state index < -0.39 is 0 Å². The summed E-state index contributed by atoms with van der Waals surface area (Å²) in [6.07, 6.45) is 0.987. The molecule has 0 aliphatic heterocycles. The van der Waals surface area contributed by atoms with Gasteiger partial charge in [-0.05, 0) is 60.8 Å². The van der Waals surface area contributed by atoms with E-state index in [-0.39, 0.29) is 12.4 Å². The van der Waals surface area contributed by atoms with Crippen molar-refractivity contribution in [3.05, 3.63) is 100 Å². The van der Waals surface area contributed by atoms with Gasteiger partial charge in [0.05, 0.1) is 7.11 Å². The maximum Gasteiger partial charge on any atom is 0.118 e. The van der Waals surface area contributed by atoms with Crippen LogP contribution in [0.1, 0.15) is 22.4 Å². The van der Waals surface area contributed by atoms with Crippen LogP contribution in [0.15, 0.2) is 72.8 Å². The Bertz CT molecular complexity index is 1140. The number of aromatic nitrogens is 1. The number of methoxy groups -OCH3 is 1. The van der Waals surface area contributed by atoms with Gasteiger partial charge in [-0.2, -0.15) is 0 Å². The van der Waals surface area contributed by atoms with Crippen LogP contribution in [-0.4, -0.2) is 18.2 Å². The fraction of sp³-hybridized carbons (Fsp3) is 0.231. The van der Waals surface area contributed by atoms with Crippen molar-refractivity contribution in [1.82, 2.24) is 9.88 Å². The molecular formula is C26H28Cl2N2O. The lowest BCUT2D eigenvalue weighted by Crippen LogP contribution is -2.17. The Labute approximate surface area is 195 Å². The van der Waals surface area contributed by atoms with Gasteiger partial charge in [0, 0.05) is 34.7 Å². The number of hydrogen-bond donors (Lipinski definition) is 1. The summed E-state index contributed by atoms with van der Waals surface area (Å²) in [5.41, 5.74) is 6.34. The predicted molar refractivity (Wildman–Crippen MR) is 133 cm³/mol. The summed E-state index contributed by atoms with van der Waals surface area (Å²) in [4.78, 5) is 0. The summed E-state index contributed by atoms with van der Waals surface area (Å²) in [5.74, 6) is 0.897. The van der Waals surface area contributed by atoms with E-state index in [0.717, 1.165) is 42.4 Å². The van der Waals surface area contributed by atoms with Crippen LogP contribution in [0.25, 0.3) is 10.9 Å². The van der Waals surface area contributed by atoms with Crippen molar-refractivity contribution in [2.75, 3.05) is 13.7 Å². The normalized spacial score (nSPS) is 10.8. The molecule has 3 nitrogen and oxygen atoms in total. The van der Waals surface area contributed by atoms with E-state index in [0.29, 0.717) is 0 Å². The summed E-state index contributed by atoms with van der Waals surface area (Å²) < 4.78 is 7.60. The smallest absolute Gasteiger partial charge is 0.118 e. The molecule has 5 heteroatoms. The van der Waals surface area contributed by atoms with Gasteiger partial charge in [0.1, 0.15) is 5.75 Å². The first-order valence-electron chi connectivity index (χ1n) is 10.3. The Morgan fingerprint density at radius 2 is 1.65 bits per heavy atom. The van der Waals surface area contributed by atoms with Crippen molar-refractivity contribution in [3.63, 3.8) is 0 Å². The lowest BCUT2D eigenvalue weighted by atomic mass is 10.1. The van der Waals surface area contributed by atoms with Gasteiger partial charge >= 0.3 is 0 Å². The summed E-state index contributed by atoms with van der Waals surface area (Å²) in [5, 5.41) is 5.75. The molecule has 0 unspecified atom stereocenters. The minimum atomic E-state index is 0. The number of halogens is 2. The van der Waals surface area contributed by atoms with Gasteiger partial charge in [-0.15, -0.1) is 12.4 Å². The number of para-hydroxylation sites is 1. The lowest BCUT2D eigenvalue weighted by Gasteiger charge is -2.11. The molecule has 1 heterocycles. The van der Waals surface area contributed by atoms with Crippen molar-refractivity contribution in [1.29, 1.82) is 0 Å². The van der Waals surface area contributed by atoms with Crippen LogP contribution in [-0.2, 0) is 19.5 Å². The zero-order valence-electron chi connectivity index (χ0n) is 17.9. The van der Waals surface area contributed by atoms with E-state index in [1.165, 1.54) is 27.7 Å². The van der Waals surface area contributed by atoms with Crippen LogP contribution >= 0.6 is 24.0 Å². The Balaban J connectivity index is 0.00000272. The van der Waals surface area contributed by atoms with Gasteiger partial charge in [0.2, 0.25) is 0 Å². The quantitative estimate of drug-likeness (QED) is 0.311. The summed E-state index contributed by atoms with van der Waals surface area (Å²) in [6.45, 7) is 4.75. The number of rotatable bonds is 8. The molecule has 0 saturated heterocycles. The second kappa shape index (κ2) is 10.7. The zero-order valence-corrected chi connectivity index (χ0v) is 19.5. The lowest BCUT2D eigenvalue weighted by molar-refractivity contribution is 0.414. The van der Waals surface area contributed by atoms with Crippen molar-refractivity contribution in [2.45, 2.75) is 26.4 Å². The first kappa shape index (κ1) is 23.2. The number of ether oxygens (including phenoxy) is 1. The molecule has 3 aromatic carbocycles. The van der Waals surface area contributed by atoms with Gasteiger partial charge in [-0.3, -0.25) is 0 Å². The molecule has 0 saturated carbocycles. The monoisotopic (exact) mass is 454 g/mol. The van der Waals surface area contributed by atoms with Crippen LogP contribution in [0.2, 0.25) is 5.02 Å². The van der Waals surface area contributed by atoms with E-state index in [2.05, 4.69) is 59.3 Å². The average molecular weight is 455 g/mol. The van der Waals surface area contributed by atoms with Crippen LogP contribution in [0.5, 0.6) is 5.75 Å². The van der Waals surface area contributed by atoms with E-state index in [1.807, 2.05) is 30.3 Å². The highest BCUT2D eigenvalue weighted by Gasteiger charge is 2.14. The largest absolute Gasteiger partial charge is 0.497 e. The molecule has 162 valence electrons. The minimum absolute atomic E-state index is 0. The Morgan fingerprint density at radius 3 is 2.39 bits per heavy atom. The van der Waals surface area contributed by atoms with Gasteiger partial charge in [-0.1, -0.05) is 60.1 Å². The van der Waals surface area contributed by atoms with Crippen molar-refractivity contribution >= 4 is 34.9 Å². The Kier molecular flexibility index (Phi) is 8.03. The van der Waals surface area contributed by atoms with Crippen LogP contribution < -0.4 is 10.1 Å². The van der Waals surface area contributed by atoms with Crippen LogP contribution in [0, 0.1) is 6.92 Å². The highest BCUT2D eigenvalue weighted by Crippen LogP contribution is 2.28. The minimum Gasteiger partial charge on any atom is -0.497 e. The van der Waals surface area contributed by atoms with Crippen molar-refractivity contribution in [2.24, 2.45) is 0 Å². The highest BCUT2D eigenvalue weighted by molar-refractivity contribution is 6.31. The molecule has 31 heavy (non-hydrogen) atoms. The SMILES string of the molecule is COc1ccc(CCNCc2c(C)n(Cc3ccccc3Cl)c3ccccc23)cc1.Cl. The molecule has 0 radical (unpaired) electrons. The van der Waals surface area contributed by atoms with Crippen molar-refractivity contribution < 1.29 is 4.74 Å². The summed E-state index contributed by atoms with van der Waals surface area (Å²) >= 11 is 6.43. The highest BCUT2D eigenvalue weighted by atomic mass is 35.5. The molecule has 4 rings (SSSR count). The summed E-state index contributed by atoms with van der Waals surface area (Å²) in [7, 11) is 1.70. The van der Waals surface area contributed by atoms with Crippen LogP contribution in [0.4, 0.5) is 0 Å². The van der Waals surface area contributed by atoms with Gasteiger partial charge in [-0.25, -0.2) is 0 Å². The molecule has 0 spiro atoms. The topological polar surface area (TPSA) is 26.2 Å². The number of nitrogens with one attached hydrogen (secondary N) is 1. The van der Waals surface area contributed by atoms with Crippen molar-refractivity contribution in [3.8, 4) is 5.75 Å². The van der Waals surface area contributed by atoms with Gasteiger partial charge < -0.3 is 14.6 Å². The Hall–Kier alpha value is -2.46. The number of nitrogens with zero attached hydrogens (tertiary/aromatic N) is 1. The fourth-order valence-corrected chi connectivity index (χ4v) is 4.16. The molecular weight excluding hydrogens is 427 g/mol. The molecule has 1 aromatic heterocycles. The van der Waals surface area contributed by atoms with Gasteiger partial charge in [0.25, 0.3) is 0 Å². The second-order valence-corrected chi connectivity index (χ2v) is 7.94. The van der Waals surface area contributed by atoms with Crippen LogP contribution in [0.3, 0.4) is 0 Å².